The highest BCUT2D eigenvalue weighted by Crippen LogP contribution is 2.23. The van der Waals surface area contributed by atoms with Gasteiger partial charge in [0.1, 0.15) is 5.82 Å². The fourth-order valence-electron chi connectivity index (χ4n) is 3.96. The van der Waals surface area contributed by atoms with Gasteiger partial charge < -0.3 is 10.0 Å². The number of nitrogens with zero attached hydrogens (tertiary/aromatic N) is 7. The van der Waals surface area contributed by atoms with E-state index >= 15 is 0 Å². The molecule has 0 bridgehead atoms. The first kappa shape index (κ1) is 17.9. The molecule has 0 unspecified atom stereocenters. The minimum absolute atomic E-state index is 0.200. The lowest BCUT2D eigenvalue weighted by molar-refractivity contribution is 0.174. The van der Waals surface area contributed by atoms with E-state index in [1.165, 1.54) is 0 Å². The number of aromatic nitrogens is 4. The maximum atomic E-state index is 9.63. The van der Waals surface area contributed by atoms with Gasteiger partial charge in [0, 0.05) is 51.7 Å². The number of piperidine rings is 1. The molecule has 1 N–H and O–H groups in total. The van der Waals surface area contributed by atoms with Crippen LogP contribution in [-0.2, 0) is 13.1 Å². The van der Waals surface area contributed by atoms with Crippen molar-refractivity contribution in [3.8, 4) is 6.07 Å². The largest absolute Gasteiger partial charge is 0.392 e. The van der Waals surface area contributed by atoms with Gasteiger partial charge in [-0.1, -0.05) is 5.21 Å². The van der Waals surface area contributed by atoms with Crippen molar-refractivity contribution in [3.05, 3.63) is 35.8 Å². The van der Waals surface area contributed by atoms with Gasteiger partial charge in [0.2, 0.25) is 0 Å². The summed E-state index contributed by atoms with van der Waals surface area (Å²) in [5, 5.41) is 27.2. The van der Waals surface area contributed by atoms with Crippen LogP contribution in [0.5, 0.6) is 0 Å². The minimum atomic E-state index is -0.200. The Hall–Kier alpha value is -2.50. The standard InChI is InChI=1S/C19H25N7O/c20-10-16-1-5-21-19(9-16)25-7-2-15(3-8-25)11-26-13-17(22-23-26)12-24-6-4-18(27)14-24/h1,5,9,13,15,18,27H,2-4,6-8,11-12,14H2/t18-/m1/s1. The molecule has 0 radical (unpaired) electrons. The molecule has 4 heterocycles. The number of aliphatic hydroxyl groups excluding tert-OH is 1. The zero-order chi connectivity index (χ0) is 18.6. The fourth-order valence-corrected chi connectivity index (χ4v) is 3.96. The Bertz CT molecular complexity index is 806. The Labute approximate surface area is 159 Å². The summed E-state index contributed by atoms with van der Waals surface area (Å²) in [6, 6.07) is 5.77. The Kier molecular flexibility index (Phi) is 5.32. The number of hydrogen-bond donors (Lipinski definition) is 1. The summed E-state index contributed by atoms with van der Waals surface area (Å²) < 4.78 is 1.96. The molecule has 2 fully saturated rings. The van der Waals surface area contributed by atoms with Crippen LogP contribution in [0.3, 0.4) is 0 Å². The number of β-amino-alcohol motifs (C(OH)–C–C–N with tert-alkyl or cyclic N) is 1. The maximum absolute atomic E-state index is 9.63. The Morgan fingerprint density at radius 1 is 1.22 bits per heavy atom. The second-order valence-corrected chi connectivity index (χ2v) is 7.55. The summed E-state index contributed by atoms with van der Waals surface area (Å²) in [7, 11) is 0. The van der Waals surface area contributed by atoms with Crippen molar-refractivity contribution in [1.29, 1.82) is 5.26 Å². The van der Waals surface area contributed by atoms with E-state index < -0.39 is 0 Å². The van der Waals surface area contributed by atoms with E-state index in [0.717, 1.165) is 70.0 Å². The monoisotopic (exact) mass is 367 g/mol. The van der Waals surface area contributed by atoms with E-state index in [9.17, 15) is 5.11 Å². The predicted octanol–water partition coefficient (Wildman–Crippen LogP) is 1.03. The second-order valence-electron chi connectivity index (χ2n) is 7.55. The molecule has 2 saturated heterocycles. The molecule has 0 saturated carbocycles. The normalized spacial score (nSPS) is 21.5. The zero-order valence-electron chi connectivity index (χ0n) is 15.4. The van der Waals surface area contributed by atoms with E-state index in [1.54, 1.807) is 12.3 Å². The van der Waals surface area contributed by atoms with E-state index in [4.69, 9.17) is 5.26 Å². The molecular weight excluding hydrogens is 342 g/mol. The van der Waals surface area contributed by atoms with Gasteiger partial charge in [0.15, 0.2) is 0 Å². The quantitative estimate of drug-likeness (QED) is 0.843. The highest BCUT2D eigenvalue weighted by Gasteiger charge is 2.23. The lowest BCUT2D eigenvalue weighted by Gasteiger charge is -2.32. The molecule has 2 aromatic heterocycles. The molecule has 2 aliphatic heterocycles. The van der Waals surface area contributed by atoms with E-state index in [0.29, 0.717) is 11.5 Å². The van der Waals surface area contributed by atoms with Crippen LogP contribution in [0.1, 0.15) is 30.5 Å². The van der Waals surface area contributed by atoms with E-state index in [1.807, 2.05) is 16.9 Å². The van der Waals surface area contributed by atoms with Crippen LogP contribution in [0.25, 0.3) is 0 Å². The van der Waals surface area contributed by atoms with Gasteiger partial charge >= 0.3 is 0 Å². The Morgan fingerprint density at radius 2 is 2.07 bits per heavy atom. The number of aliphatic hydroxyl groups is 1. The summed E-state index contributed by atoms with van der Waals surface area (Å²) in [4.78, 5) is 8.88. The van der Waals surface area contributed by atoms with Crippen LogP contribution in [-0.4, -0.2) is 62.3 Å². The van der Waals surface area contributed by atoms with Crippen LogP contribution in [0.15, 0.2) is 24.5 Å². The van der Waals surface area contributed by atoms with Crippen molar-refractivity contribution in [2.45, 2.75) is 38.5 Å². The first-order chi connectivity index (χ1) is 13.2. The highest BCUT2D eigenvalue weighted by molar-refractivity contribution is 5.45. The SMILES string of the molecule is N#Cc1ccnc(N2CCC(Cn3cc(CN4CC[C@@H](O)C4)nn3)CC2)c1. The van der Waals surface area contributed by atoms with Crippen LogP contribution in [0.4, 0.5) is 5.82 Å². The van der Waals surface area contributed by atoms with Gasteiger partial charge in [-0.2, -0.15) is 5.26 Å². The number of pyridine rings is 1. The number of likely N-dealkylation sites (tertiary alicyclic amines) is 1. The zero-order valence-corrected chi connectivity index (χ0v) is 15.4. The first-order valence-electron chi connectivity index (χ1n) is 9.60. The number of rotatable bonds is 5. The Balaban J connectivity index is 1.27. The average molecular weight is 367 g/mol. The highest BCUT2D eigenvalue weighted by atomic mass is 16.3. The van der Waals surface area contributed by atoms with Crippen LogP contribution >= 0.6 is 0 Å². The third kappa shape index (κ3) is 4.43. The van der Waals surface area contributed by atoms with Gasteiger partial charge in [-0.05, 0) is 37.3 Å². The molecule has 4 rings (SSSR count). The molecule has 2 aromatic rings. The van der Waals surface area contributed by atoms with Crippen molar-refractivity contribution < 1.29 is 5.11 Å². The predicted molar refractivity (Wildman–Crippen MR) is 99.8 cm³/mol. The molecule has 27 heavy (non-hydrogen) atoms. The molecule has 2 aliphatic rings. The van der Waals surface area contributed by atoms with E-state index in [-0.39, 0.29) is 6.10 Å². The topological polar surface area (TPSA) is 94.1 Å². The molecule has 8 nitrogen and oxygen atoms in total. The summed E-state index contributed by atoms with van der Waals surface area (Å²) >= 11 is 0. The van der Waals surface area contributed by atoms with Crippen molar-refractivity contribution >= 4 is 5.82 Å². The van der Waals surface area contributed by atoms with Crippen LogP contribution in [0.2, 0.25) is 0 Å². The summed E-state index contributed by atoms with van der Waals surface area (Å²) in [6.45, 7) is 5.19. The molecule has 142 valence electrons. The van der Waals surface area contributed by atoms with Gasteiger partial charge in [0.05, 0.1) is 23.4 Å². The smallest absolute Gasteiger partial charge is 0.129 e. The van der Waals surface area contributed by atoms with Gasteiger partial charge in [-0.25, -0.2) is 4.98 Å². The van der Waals surface area contributed by atoms with Crippen molar-refractivity contribution in [1.82, 2.24) is 24.9 Å². The first-order valence-corrected chi connectivity index (χ1v) is 9.60. The molecule has 0 spiro atoms. The van der Waals surface area contributed by atoms with Crippen LogP contribution < -0.4 is 4.90 Å². The van der Waals surface area contributed by atoms with Gasteiger partial charge in [-0.15, -0.1) is 5.10 Å². The third-order valence-corrected chi connectivity index (χ3v) is 5.48. The van der Waals surface area contributed by atoms with Gasteiger partial charge in [-0.3, -0.25) is 9.58 Å². The number of hydrogen-bond acceptors (Lipinski definition) is 7. The average Bonchev–Trinajstić information content (AvgIpc) is 3.31. The Morgan fingerprint density at radius 3 is 2.81 bits per heavy atom. The molecule has 0 amide bonds. The van der Waals surface area contributed by atoms with Crippen LogP contribution in [0, 0.1) is 17.2 Å². The molecule has 0 aliphatic carbocycles. The lowest BCUT2D eigenvalue weighted by Crippen LogP contribution is -2.35. The lowest BCUT2D eigenvalue weighted by atomic mass is 9.97. The van der Waals surface area contributed by atoms with Gasteiger partial charge in [0.25, 0.3) is 0 Å². The molecule has 1 atom stereocenters. The number of nitriles is 1. The molecule has 8 heteroatoms. The molecular formula is C19H25N7O. The maximum Gasteiger partial charge on any atom is 0.129 e. The summed E-state index contributed by atoms with van der Waals surface area (Å²) in [5.74, 6) is 1.46. The molecule has 0 aromatic carbocycles. The third-order valence-electron chi connectivity index (χ3n) is 5.48. The minimum Gasteiger partial charge on any atom is -0.392 e. The number of anilines is 1. The second kappa shape index (κ2) is 8.03. The van der Waals surface area contributed by atoms with Crippen molar-refractivity contribution in [2.24, 2.45) is 5.92 Å². The summed E-state index contributed by atoms with van der Waals surface area (Å²) in [6.07, 6.45) is 6.54. The van der Waals surface area contributed by atoms with Crippen molar-refractivity contribution in [2.75, 3.05) is 31.1 Å². The van der Waals surface area contributed by atoms with E-state index in [2.05, 4.69) is 31.2 Å². The summed E-state index contributed by atoms with van der Waals surface area (Å²) in [5.41, 5.74) is 1.63. The van der Waals surface area contributed by atoms with Crippen molar-refractivity contribution in [3.63, 3.8) is 0 Å². The fraction of sp³-hybridized carbons (Fsp3) is 0.579.